The van der Waals surface area contributed by atoms with Crippen LogP contribution >= 0.6 is 11.8 Å². The van der Waals surface area contributed by atoms with Gasteiger partial charge in [-0.25, -0.2) is 4.98 Å². The fraction of sp³-hybridized carbons (Fsp3) is 0.312. The minimum atomic E-state index is 0.604. The third-order valence-corrected chi connectivity index (χ3v) is 4.05. The van der Waals surface area contributed by atoms with Crippen molar-refractivity contribution in [1.29, 1.82) is 0 Å². The Morgan fingerprint density at radius 2 is 1.89 bits per heavy atom. The van der Waals surface area contributed by atoms with Crippen molar-refractivity contribution in [1.82, 2.24) is 4.98 Å². The molecule has 2 rings (SSSR count). The van der Waals surface area contributed by atoms with E-state index in [9.17, 15) is 0 Å². The van der Waals surface area contributed by atoms with E-state index < -0.39 is 0 Å². The number of thioether (sulfide) groups is 1. The number of aromatic nitrogens is 1. The summed E-state index contributed by atoms with van der Waals surface area (Å²) in [5, 5.41) is 1.10. The second-order valence-corrected chi connectivity index (χ2v) is 5.87. The van der Waals surface area contributed by atoms with Crippen LogP contribution in [0.4, 0.5) is 0 Å². The van der Waals surface area contributed by atoms with Crippen molar-refractivity contribution in [3.8, 4) is 0 Å². The zero-order chi connectivity index (χ0) is 13.8. The summed E-state index contributed by atoms with van der Waals surface area (Å²) in [7, 11) is 0. The summed E-state index contributed by atoms with van der Waals surface area (Å²) in [5.41, 5.74) is 11.8. The lowest BCUT2D eigenvalue weighted by Gasteiger charge is -2.08. The van der Waals surface area contributed by atoms with Crippen LogP contribution in [0.5, 0.6) is 0 Å². The Labute approximate surface area is 119 Å². The number of aryl methyl sites for hydroxylation is 3. The number of hydrogen-bond acceptors (Lipinski definition) is 3. The van der Waals surface area contributed by atoms with Gasteiger partial charge in [-0.1, -0.05) is 18.2 Å². The van der Waals surface area contributed by atoms with E-state index >= 15 is 0 Å². The van der Waals surface area contributed by atoms with Crippen molar-refractivity contribution < 1.29 is 0 Å². The van der Waals surface area contributed by atoms with E-state index in [0.29, 0.717) is 6.54 Å². The molecule has 0 bridgehead atoms. The molecule has 0 spiro atoms. The van der Waals surface area contributed by atoms with E-state index in [2.05, 4.69) is 49.2 Å². The molecule has 0 radical (unpaired) electrons. The summed E-state index contributed by atoms with van der Waals surface area (Å²) in [6.07, 6.45) is 0. The van der Waals surface area contributed by atoms with Gasteiger partial charge in [0.1, 0.15) is 0 Å². The van der Waals surface area contributed by atoms with E-state index in [-0.39, 0.29) is 0 Å². The molecule has 0 aliphatic rings. The molecular formula is C16H20N2S. The van der Waals surface area contributed by atoms with Crippen molar-refractivity contribution in [3.05, 3.63) is 58.3 Å². The van der Waals surface area contributed by atoms with Gasteiger partial charge < -0.3 is 5.73 Å². The van der Waals surface area contributed by atoms with Crippen molar-refractivity contribution in [2.75, 3.05) is 0 Å². The lowest BCUT2D eigenvalue weighted by atomic mass is 10.1. The molecule has 100 valence electrons. The zero-order valence-electron chi connectivity index (χ0n) is 11.7. The van der Waals surface area contributed by atoms with Gasteiger partial charge in [0, 0.05) is 18.0 Å². The minimum Gasteiger partial charge on any atom is -0.326 e. The Kier molecular flexibility index (Phi) is 4.61. The number of nitrogens with two attached hydrogens (primary N) is 1. The van der Waals surface area contributed by atoms with Crippen molar-refractivity contribution in [2.45, 2.75) is 38.1 Å². The molecule has 19 heavy (non-hydrogen) atoms. The predicted molar refractivity (Wildman–Crippen MR) is 82.3 cm³/mol. The number of nitrogens with zero attached hydrogens (tertiary/aromatic N) is 1. The number of pyridine rings is 1. The Balaban J connectivity index is 2.10. The van der Waals surface area contributed by atoms with Crippen molar-refractivity contribution in [3.63, 3.8) is 0 Å². The fourth-order valence-electron chi connectivity index (χ4n) is 2.08. The first-order valence-electron chi connectivity index (χ1n) is 6.45. The molecule has 0 aliphatic carbocycles. The van der Waals surface area contributed by atoms with Crippen LogP contribution in [0.2, 0.25) is 0 Å². The van der Waals surface area contributed by atoms with Crippen LogP contribution in [0.25, 0.3) is 0 Å². The largest absolute Gasteiger partial charge is 0.326 e. The van der Waals surface area contributed by atoms with Crippen molar-refractivity contribution >= 4 is 11.8 Å². The normalized spacial score (nSPS) is 10.7. The molecule has 2 aromatic rings. The summed E-state index contributed by atoms with van der Waals surface area (Å²) in [4.78, 5) is 4.56. The Morgan fingerprint density at radius 3 is 2.53 bits per heavy atom. The predicted octanol–water partition coefficient (Wildman–Crippen LogP) is 3.76. The van der Waals surface area contributed by atoms with Gasteiger partial charge in [-0.15, -0.1) is 11.8 Å². The number of rotatable bonds is 4. The van der Waals surface area contributed by atoms with Crippen LogP contribution in [0.1, 0.15) is 27.9 Å². The highest BCUT2D eigenvalue weighted by Crippen LogP contribution is 2.24. The van der Waals surface area contributed by atoms with Gasteiger partial charge >= 0.3 is 0 Å². The first-order chi connectivity index (χ1) is 9.08. The molecule has 0 unspecified atom stereocenters. The maximum Gasteiger partial charge on any atom is 0.0968 e. The molecule has 0 amide bonds. The molecule has 0 saturated heterocycles. The smallest absolute Gasteiger partial charge is 0.0968 e. The summed E-state index contributed by atoms with van der Waals surface area (Å²) in [6, 6.07) is 10.7. The van der Waals surface area contributed by atoms with Crippen LogP contribution in [-0.2, 0) is 12.3 Å². The number of benzene rings is 1. The molecule has 3 heteroatoms. The van der Waals surface area contributed by atoms with Gasteiger partial charge in [0.15, 0.2) is 0 Å². The zero-order valence-corrected chi connectivity index (χ0v) is 12.6. The number of hydrogen-bond donors (Lipinski definition) is 1. The van der Waals surface area contributed by atoms with E-state index in [1.165, 1.54) is 22.3 Å². The molecule has 2 N–H and O–H groups in total. The molecular weight excluding hydrogens is 252 g/mol. The fourth-order valence-corrected chi connectivity index (χ4v) is 3.18. The minimum absolute atomic E-state index is 0.604. The van der Waals surface area contributed by atoms with Gasteiger partial charge in [0.25, 0.3) is 0 Å². The SMILES string of the molecule is Cc1cc(C)nc(SCc2ccc(CN)cc2C)c1. The Hall–Kier alpha value is -1.32. The Bertz CT molecular complexity index is 559. The van der Waals surface area contributed by atoms with Gasteiger partial charge in [-0.3, -0.25) is 0 Å². The third-order valence-electron chi connectivity index (χ3n) is 3.09. The van der Waals surface area contributed by atoms with Gasteiger partial charge in [0.2, 0.25) is 0 Å². The molecule has 1 aromatic carbocycles. The maximum atomic E-state index is 5.65. The van der Waals surface area contributed by atoms with Gasteiger partial charge in [0.05, 0.1) is 5.03 Å². The molecule has 1 aromatic heterocycles. The van der Waals surface area contributed by atoms with Crippen LogP contribution in [0.15, 0.2) is 35.4 Å². The second kappa shape index (κ2) is 6.22. The molecule has 0 aliphatic heterocycles. The van der Waals surface area contributed by atoms with Gasteiger partial charge in [-0.05, 0) is 55.2 Å². The first-order valence-corrected chi connectivity index (χ1v) is 7.43. The Morgan fingerprint density at radius 1 is 1.11 bits per heavy atom. The molecule has 0 saturated carbocycles. The highest BCUT2D eigenvalue weighted by molar-refractivity contribution is 7.98. The average Bonchev–Trinajstić information content (AvgIpc) is 2.36. The highest BCUT2D eigenvalue weighted by Gasteiger charge is 2.03. The highest BCUT2D eigenvalue weighted by atomic mass is 32.2. The summed E-state index contributed by atoms with van der Waals surface area (Å²) in [5.74, 6) is 0.951. The van der Waals surface area contributed by atoms with E-state index in [0.717, 1.165) is 16.5 Å². The average molecular weight is 272 g/mol. The summed E-state index contributed by atoms with van der Waals surface area (Å²) < 4.78 is 0. The summed E-state index contributed by atoms with van der Waals surface area (Å²) in [6.45, 7) is 6.90. The molecule has 1 heterocycles. The van der Waals surface area contributed by atoms with Crippen LogP contribution in [0.3, 0.4) is 0 Å². The van der Waals surface area contributed by atoms with Crippen LogP contribution < -0.4 is 5.73 Å². The molecule has 2 nitrogen and oxygen atoms in total. The maximum absolute atomic E-state index is 5.65. The standard InChI is InChI=1S/C16H20N2S/c1-11-6-13(3)18-16(7-11)19-10-15-5-4-14(9-17)8-12(15)2/h4-8H,9-10,17H2,1-3H3. The molecule has 0 fully saturated rings. The monoisotopic (exact) mass is 272 g/mol. The lowest BCUT2D eigenvalue weighted by molar-refractivity contribution is 1.04. The summed E-state index contributed by atoms with van der Waals surface area (Å²) >= 11 is 1.79. The van der Waals surface area contributed by atoms with E-state index in [4.69, 9.17) is 5.73 Å². The topological polar surface area (TPSA) is 38.9 Å². The first kappa shape index (κ1) is 14.1. The van der Waals surface area contributed by atoms with E-state index in [1.807, 2.05) is 6.92 Å². The third kappa shape index (κ3) is 3.82. The van der Waals surface area contributed by atoms with Crippen LogP contribution in [-0.4, -0.2) is 4.98 Å². The van der Waals surface area contributed by atoms with Crippen LogP contribution in [0, 0.1) is 20.8 Å². The quantitative estimate of drug-likeness (QED) is 0.861. The van der Waals surface area contributed by atoms with E-state index in [1.54, 1.807) is 11.8 Å². The van der Waals surface area contributed by atoms with Gasteiger partial charge in [-0.2, -0.15) is 0 Å². The van der Waals surface area contributed by atoms with Crippen molar-refractivity contribution in [2.24, 2.45) is 5.73 Å². The second-order valence-electron chi connectivity index (χ2n) is 4.88. The molecule has 0 atom stereocenters. The lowest BCUT2D eigenvalue weighted by Crippen LogP contribution is -1.98.